The maximum absolute atomic E-state index is 12.8. The number of carbonyl (C=O) groups excluding carboxylic acids is 2. The number of carboxylic acid groups (broad SMARTS) is 1. The minimum Gasteiger partial charge on any atom is -0.480 e. The number of carboxylic acids is 1. The Hall–Kier alpha value is -3.00. The molecule has 0 aliphatic heterocycles. The number of thioether (sulfide) groups is 1. The molecule has 1 fully saturated rings. The minimum absolute atomic E-state index is 0.284. The van der Waals surface area contributed by atoms with Crippen LogP contribution in [0.2, 0.25) is 0 Å². The lowest BCUT2D eigenvalue weighted by Crippen LogP contribution is -2.41. The summed E-state index contributed by atoms with van der Waals surface area (Å²) in [5, 5.41) is 14.9. The SMILES string of the molecule is CC(C)(C)OC(=O)NCC1CCCCC1.CCc1ccc(C(=O)NC(CCSC)C(=O)O)c(-c2ccccc2C)c1. The van der Waals surface area contributed by atoms with Gasteiger partial charge in [-0.1, -0.05) is 62.6 Å². The molecule has 226 valence electrons. The molecule has 0 bridgehead atoms. The van der Waals surface area contributed by atoms with Crippen LogP contribution in [-0.2, 0) is 16.0 Å². The number of carbonyl (C=O) groups is 3. The van der Waals surface area contributed by atoms with Gasteiger partial charge in [-0.3, -0.25) is 4.79 Å². The molecule has 1 atom stereocenters. The number of benzene rings is 2. The molecule has 2 aromatic carbocycles. The highest BCUT2D eigenvalue weighted by Crippen LogP contribution is 2.28. The molecule has 1 aliphatic rings. The van der Waals surface area contributed by atoms with Gasteiger partial charge in [0.25, 0.3) is 5.91 Å². The van der Waals surface area contributed by atoms with E-state index in [2.05, 4.69) is 17.6 Å². The topological polar surface area (TPSA) is 105 Å². The van der Waals surface area contributed by atoms with E-state index in [-0.39, 0.29) is 12.0 Å². The van der Waals surface area contributed by atoms with E-state index in [4.69, 9.17) is 4.74 Å². The van der Waals surface area contributed by atoms with Crippen molar-refractivity contribution in [1.29, 1.82) is 0 Å². The van der Waals surface area contributed by atoms with Gasteiger partial charge < -0.3 is 20.5 Å². The standard InChI is InChI=1S/C21H25NO3S.C12H23NO2/c1-4-15-9-10-17(18(13-15)16-8-6-5-7-14(16)2)20(23)22-19(21(24)25)11-12-26-3;1-12(2,3)15-11(14)13-9-10-7-5-4-6-8-10/h5-10,13,19H,4,11-12H2,1-3H3,(H,22,23)(H,24,25);10H,4-9H2,1-3H3,(H,13,14). The van der Waals surface area contributed by atoms with Crippen LogP contribution in [0.1, 0.15) is 87.7 Å². The van der Waals surface area contributed by atoms with Gasteiger partial charge in [-0.05, 0) is 99.6 Å². The van der Waals surface area contributed by atoms with E-state index >= 15 is 0 Å². The summed E-state index contributed by atoms with van der Waals surface area (Å²) in [5.41, 5.74) is 4.16. The molecule has 0 spiro atoms. The quantitative estimate of drug-likeness (QED) is 0.272. The van der Waals surface area contributed by atoms with Crippen LogP contribution in [0.25, 0.3) is 11.1 Å². The molecule has 1 unspecified atom stereocenters. The molecule has 41 heavy (non-hydrogen) atoms. The number of hydrogen-bond acceptors (Lipinski definition) is 5. The number of hydrogen-bond donors (Lipinski definition) is 3. The van der Waals surface area contributed by atoms with Gasteiger partial charge in [0, 0.05) is 12.1 Å². The third-order valence-electron chi connectivity index (χ3n) is 7.04. The van der Waals surface area contributed by atoms with Gasteiger partial charge in [-0.25, -0.2) is 9.59 Å². The van der Waals surface area contributed by atoms with Gasteiger partial charge >= 0.3 is 12.1 Å². The summed E-state index contributed by atoms with van der Waals surface area (Å²) >= 11 is 1.56. The maximum atomic E-state index is 12.8. The Morgan fingerprint density at radius 2 is 1.73 bits per heavy atom. The van der Waals surface area contributed by atoms with E-state index in [9.17, 15) is 19.5 Å². The summed E-state index contributed by atoms with van der Waals surface area (Å²) in [6.07, 6.45) is 9.35. The summed E-state index contributed by atoms with van der Waals surface area (Å²) in [4.78, 5) is 35.7. The van der Waals surface area contributed by atoms with Crippen LogP contribution < -0.4 is 10.6 Å². The van der Waals surface area contributed by atoms with Crippen molar-refractivity contribution in [3.05, 3.63) is 59.2 Å². The highest BCUT2D eigenvalue weighted by atomic mass is 32.2. The normalized spacial score (nSPS) is 14.3. The Morgan fingerprint density at radius 1 is 1.05 bits per heavy atom. The molecule has 0 heterocycles. The van der Waals surface area contributed by atoms with E-state index in [0.717, 1.165) is 35.2 Å². The highest BCUT2D eigenvalue weighted by molar-refractivity contribution is 7.98. The first kappa shape index (κ1) is 34.2. The molecule has 7 nitrogen and oxygen atoms in total. The van der Waals surface area contributed by atoms with Gasteiger partial charge in [0.2, 0.25) is 0 Å². The van der Waals surface area contributed by atoms with Gasteiger partial charge in [-0.2, -0.15) is 11.8 Å². The average molecular weight is 585 g/mol. The van der Waals surface area contributed by atoms with Crippen molar-refractivity contribution in [3.63, 3.8) is 0 Å². The maximum Gasteiger partial charge on any atom is 0.407 e. The van der Waals surface area contributed by atoms with E-state index in [1.807, 2.05) is 70.3 Å². The minimum atomic E-state index is -1.00. The summed E-state index contributed by atoms with van der Waals surface area (Å²) in [7, 11) is 0. The van der Waals surface area contributed by atoms with Crippen LogP contribution in [0, 0.1) is 12.8 Å². The van der Waals surface area contributed by atoms with Crippen molar-refractivity contribution in [2.24, 2.45) is 5.92 Å². The Balaban J connectivity index is 0.000000333. The van der Waals surface area contributed by atoms with Crippen LogP contribution >= 0.6 is 11.8 Å². The summed E-state index contributed by atoms with van der Waals surface area (Å²) in [6.45, 7) is 10.5. The van der Waals surface area contributed by atoms with Gasteiger partial charge in [-0.15, -0.1) is 0 Å². The van der Waals surface area contributed by atoms with Crippen molar-refractivity contribution in [3.8, 4) is 11.1 Å². The van der Waals surface area contributed by atoms with Crippen molar-refractivity contribution in [1.82, 2.24) is 10.6 Å². The first-order valence-electron chi connectivity index (χ1n) is 14.6. The van der Waals surface area contributed by atoms with Crippen molar-refractivity contribution >= 4 is 29.7 Å². The summed E-state index contributed by atoms with van der Waals surface area (Å²) < 4.78 is 5.18. The van der Waals surface area contributed by atoms with Gasteiger partial charge in [0.05, 0.1) is 0 Å². The first-order chi connectivity index (χ1) is 19.4. The van der Waals surface area contributed by atoms with Gasteiger partial charge in [0.1, 0.15) is 11.6 Å². The lowest BCUT2D eigenvalue weighted by molar-refractivity contribution is -0.139. The van der Waals surface area contributed by atoms with Crippen LogP contribution in [0.4, 0.5) is 4.79 Å². The second-order valence-electron chi connectivity index (χ2n) is 11.6. The third-order valence-corrected chi connectivity index (χ3v) is 7.69. The predicted molar refractivity (Wildman–Crippen MR) is 169 cm³/mol. The number of ether oxygens (including phenoxy) is 1. The van der Waals surface area contributed by atoms with Crippen molar-refractivity contribution in [2.45, 2.75) is 91.2 Å². The monoisotopic (exact) mass is 584 g/mol. The van der Waals surface area contributed by atoms with E-state index in [1.165, 1.54) is 32.1 Å². The van der Waals surface area contributed by atoms with Crippen LogP contribution in [0.3, 0.4) is 0 Å². The molecule has 1 saturated carbocycles. The fraction of sp³-hybridized carbons (Fsp3) is 0.545. The van der Waals surface area contributed by atoms with Crippen molar-refractivity contribution < 1.29 is 24.2 Å². The molecular formula is C33H48N2O5S. The lowest BCUT2D eigenvalue weighted by atomic mass is 9.89. The predicted octanol–water partition coefficient (Wildman–Crippen LogP) is 7.25. The van der Waals surface area contributed by atoms with Crippen LogP contribution in [-0.4, -0.2) is 53.3 Å². The van der Waals surface area contributed by atoms with E-state index in [1.54, 1.807) is 17.8 Å². The second-order valence-corrected chi connectivity index (χ2v) is 12.6. The van der Waals surface area contributed by atoms with Gasteiger partial charge in [0.15, 0.2) is 0 Å². The number of nitrogens with one attached hydrogen (secondary N) is 2. The first-order valence-corrected chi connectivity index (χ1v) is 16.0. The summed E-state index contributed by atoms with van der Waals surface area (Å²) in [6, 6.07) is 12.8. The zero-order chi connectivity index (χ0) is 30.4. The molecular weight excluding hydrogens is 536 g/mol. The Bertz CT molecular complexity index is 1140. The summed E-state index contributed by atoms with van der Waals surface area (Å²) in [5.74, 6) is -0.0165. The number of aryl methyl sites for hydroxylation is 2. The average Bonchev–Trinajstić information content (AvgIpc) is 2.94. The zero-order valence-corrected chi connectivity index (χ0v) is 26.4. The van der Waals surface area contributed by atoms with E-state index in [0.29, 0.717) is 23.7 Å². The number of amides is 2. The third kappa shape index (κ3) is 12.2. The molecule has 0 radical (unpaired) electrons. The molecule has 2 amide bonds. The lowest BCUT2D eigenvalue weighted by Gasteiger charge is -2.24. The van der Waals surface area contributed by atoms with Crippen LogP contribution in [0.5, 0.6) is 0 Å². The molecule has 8 heteroatoms. The second kappa shape index (κ2) is 17.1. The smallest absolute Gasteiger partial charge is 0.407 e. The molecule has 2 aromatic rings. The Morgan fingerprint density at radius 3 is 2.32 bits per heavy atom. The molecule has 3 N–H and O–H groups in total. The largest absolute Gasteiger partial charge is 0.480 e. The molecule has 3 rings (SSSR count). The highest BCUT2D eigenvalue weighted by Gasteiger charge is 2.23. The molecule has 0 aromatic heterocycles. The Labute approximate surface area is 250 Å². The van der Waals surface area contributed by atoms with Crippen molar-refractivity contribution in [2.75, 3.05) is 18.6 Å². The van der Waals surface area contributed by atoms with E-state index < -0.39 is 17.6 Å². The Kier molecular flexibility index (Phi) is 14.2. The zero-order valence-electron chi connectivity index (χ0n) is 25.5. The molecule has 1 aliphatic carbocycles. The van der Waals surface area contributed by atoms with Crippen LogP contribution in [0.15, 0.2) is 42.5 Å². The fourth-order valence-electron chi connectivity index (χ4n) is 4.77. The number of rotatable bonds is 10. The fourth-order valence-corrected chi connectivity index (χ4v) is 5.24. The molecule has 0 saturated heterocycles. The number of alkyl carbamates (subject to hydrolysis) is 1. The number of aliphatic carboxylic acids is 1.